The lowest BCUT2D eigenvalue weighted by molar-refractivity contribution is 0.0743. The second-order valence-electron chi connectivity index (χ2n) is 9.55. The molecule has 2 rings (SSSR count). The Balaban J connectivity index is 1.98. The summed E-state index contributed by atoms with van der Waals surface area (Å²) in [5.41, 5.74) is 7.72. The van der Waals surface area contributed by atoms with Gasteiger partial charge in [0.25, 0.3) is 0 Å². The molecule has 0 unspecified atom stereocenters. The van der Waals surface area contributed by atoms with Crippen molar-refractivity contribution < 1.29 is 19.3 Å². The molecule has 1 aliphatic heterocycles. The largest absolute Gasteiger partial charge is 0.493 e. The van der Waals surface area contributed by atoms with Crippen LogP contribution in [0.2, 0.25) is 0 Å². The van der Waals surface area contributed by atoms with Gasteiger partial charge in [-0.1, -0.05) is 26.8 Å². The highest BCUT2D eigenvalue weighted by Gasteiger charge is 2.28. The Morgan fingerprint density at radius 1 is 1.19 bits per heavy atom. The maximum Gasteiger partial charge on any atom is 0.161 e. The molecule has 3 N–H and O–H groups in total. The average molecular weight is 451 g/mol. The van der Waals surface area contributed by atoms with Crippen molar-refractivity contribution in [3.63, 3.8) is 0 Å². The van der Waals surface area contributed by atoms with Crippen LogP contribution >= 0.6 is 0 Å². The first-order chi connectivity index (χ1) is 15.4. The van der Waals surface area contributed by atoms with Gasteiger partial charge in [-0.2, -0.15) is 0 Å². The summed E-state index contributed by atoms with van der Waals surface area (Å²) in [6.45, 7) is 9.74. The normalized spacial score (nSPS) is 19.8. The van der Waals surface area contributed by atoms with E-state index in [4.69, 9.17) is 19.9 Å². The van der Waals surface area contributed by atoms with Crippen molar-refractivity contribution in [2.24, 2.45) is 17.6 Å². The Morgan fingerprint density at radius 3 is 2.62 bits per heavy atom. The van der Waals surface area contributed by atoms with E-state index in [0.29, 0.717) is 37.6 Å². The molecule has 6 heteroatoms. The summed E-state index contributed by atoms with van der Waals surface area (Å²) in [6.07, 6.45) is 5.66. The Labute approximate surface area is 195 Å². The van der Waals surface area contributed by atoms with E-state index in [2.05, 4.69) is 37.8 Å². The van der Waals surface area contributed by atoms with Gasteiger partial charge in [0.15, 0.2) is 11.5 Å². The van der Waals surface area contributed by atoms with Crippen molar-refractivity contribution in [1.29, 1.82) is 0 Å². The van der Waals surface area contributed by atoms with E-state index < -0.39 is 6.10 Å². The second kappa shape index (κ2) is 14.0. The van der Waals surface area contributed by atoms with Gasteiger partial charge in [-0.05, 0) is 68.2 Å². The van der Waals surface area contributed by atoms with Crippen molar-refractivity contribution in [3.8, 4) is 11.5 Å². The van der Waals surface area contributed by atoms with Gasteiger partial charge in [0.2, 0.25) is 0 Å². The monoisotopic (exact) mass is 450 g/mol. The van der Waals surface area contributed by atoms with E-state index in [1.165, 1.54) is 18.4 Å². The summed E-state index contributed by atoms with van der Waals surface area (Å²) >= 11 is 0. The smallest absolute Gasteiger partial charge is 0.161 e. The number of methoxy groups -OCH3 is 2. The number of hydrogen-bond donors (Lipinski definition) is 2. The van der Waals surface area contributed by atoms with E-state index >= 15 is 0 Å². The van der Waals surface area contributed by atoms with Crippen molar-refractivity contribution in [2.45, 2.75) is 77.5 Å². The van der Waals surface area contributed by atoms with Crippen LogP contribution in [0.15, 0.2) is 18.2 Å². The molecule has 1 aromatic rings. The van der Waals surface area contributed by atoms with E-state index in [-0.39, 0.29) is 6.04 Å². The molecule has 1 aromatic carbocycles. The van der Waals surface area contributed by atoms with Crippen LogP contribution in [0.4, 0.5) is 0 Å². The zero-order chi connectivity index (χ0) is 23.5. The van der Waals surface area contributed by atoms with Gasteiger partial charge < -0.3 is 25.1 Å². The summed E-state index contributed by atoms with van der Waals surface area (Å²) < 4.78 is 16.5. The van der Waals surface area contributed by atoms with Gasteiger partial charge in [0, 0.05) is 38.8 Å². The molecule has 0 spiro atoms. The lowest BCUT2D eigenvalue weighted by Gasteiger charge is -2.31. The van der Waals surface area contributed by atoms with Gasteiger partial charge >= 0.3 is 0 Å². The molecular weight excluding hydrogens is 404 g/mol. The molecule has 184 valence electrons. The number of aliphatic hydroxyl groups excluding tert-OH is 1. The summed E-state index contributed by atoms with van der Waals surface area (Å²) in [4.78, 5) is 2.42. The Kier molecular flexibility index (Phi) is 11.8. The molecule has 0 radical (unpaired) electrons. The van der Waals surface area contributed by atoms with Gasteiger partial charge in [0.05, 0.1) is 19.8 Å². The van der Waals surface area contributed by atoms with Crippen LogP contribution in [0.25, 0.3) is 0 Å². The van der Waals surface area contributed by atoms with Gasteiger partial charge in [-0.15, -0.1) is 0 Å². The third-order valence-corrected chi connectivity index (χ3v) is 6.88. The zero-order valence-electron chi connectivity index (χ0n) is 20.9. The fourth-order valence-electron chi connectivity index (χ4n) is 4.72. The first-order valence-electron chi connectivity index (χ1n) is 12.4. The quantitative estimate of drug-likeness (QED) is 0.395. The summed E-state index contributed by atoms with van der Waals surface area (Å²) in [6, 6.07) is 6.54. The number of rotatable bonds is 15. The highest BCUT2D eigenvalue weighted by molar-refractivity contribution is 5.43. The molecule has 0 aliphatic carbocycles. The fraction of sp³-hybridized carbons (Fsp3) is 0.769. The molecule has 4 atom stereocenters. The highest BCUT2D eigenvalue weighted by Crippen LogP contribution is 2.31. The minimum absolute atomic E-state index is 0.219. The SMILES string of the molecule is CC[C@@H]1CCCN1C[C@H](O)[C@@H](N)C[C@H](Cc1ccc(OC)c(OCCCOC)c1)C(C)C. The standard InChI is InChI=1S/C26H46N2O4/c1-6-22-9-7-12-28(22)18-24(29)23(27)17-21(19(2)3)15-20-10-11-25(31-5)26(16-20)32-14-8-13-30-4/h10-11,16,19,21-24,29H,6-9,12-15,17-18,27H2,1-5H3/t21-,22+,23-,24-/m0/s1. The molecule has 1 fully saturated rings. The number of nitrogens with two attached hydrogens (primary N) is 1. The summed E-state index contributed by atoms with van der Waals surface area (Å²) in [7, 11) is 3.36. The predicted octanol–water partition coefficient (Wildman–Crippen LogP) is 3.88. The van der Waals surface area contributed by atoms with E-state index in [9.17, 15) is 5.11 Å². The number of likely N-dealkylation sites (tertiary alicyclic amines) is 1. The van der Waals surface area contributed by atoms with Gasteiger partial charge in [-0.3, -0.25) is 4.90 Å². The third-order valence-electron chi connectivity index (χ3n) is 6.88. The number of benzene rings is 1. The van der Waals surface area contributed by atoms with Crippen LogP contribution in [0.5, 0.6) is 11.5 Å². The lowest BCUT2D eigenvalue weighted by Crippen LogP contribution is -2.46. The minimum Gasteiger partial charge on any atom is -0.493 e. The van der Waals surface area contributed by atoms with E-state index in [1.54, 1.807) is 14.2 Å². The van der Waals surface area contributed by atoms with Gasteiger partial charge in [-0.25, -0.2) is 0 Å². The Morgan fingerprint density at radius 2 is 1.97 bits per heavy atom. The molecule has 1 heterocycles. The number of nitrogens with zero attached hydrogens (tertiary/aromatic N) is 1. The van der Waals surface area contributed by atoms with Crippen molar-refractivity contribution in [1.82, 2.24) is 4.90 Å². The van der Waals surface area contributed by atoms with E-state index in [0.717, 1.165) is 43.7 Å². The number of ether oxygens (including phenoxy) is 3. The maximum atomic E-state index is 10.8. The van der Waals surface area contributed by atoms with Crippen molar-refractivity contribution >= 4 is 0 Å². The average Bonchev–Trinajstić information content (AvgIpc) is 3.23. The zero-order valence-corrected chi connectivity index (χ0v) is 20.9. The molecule has 1 saturated heterocycles. The summed E-state index contributed by atoms with van der Waals surface area (Å²) in [5, 5.41) is 10.8. The lowest BCUT2D eigenvalue weighted by atomic mass is 9.83. The predicted molar refractivity (Wildman–Crippen MR) is 130 cm³/mol. The number of hydrogen-bond acceptors (Lipinski definition) is 6. The second-order valence-corrected chi connectivity index (χ2v) is 9.55. The highest BCUT2D eigenvalue weighted by atomic mass is 16.5. The topological polar surface area (TPSA) is 77.2 Å². The van der Waals surface area contributed by atoms with Crippen LogP contribution in [-0.4, -0.2) is 68.7 Å². The van der Waals surface area contributed by atoms with Crippen LogP contribution in [0.1, 0.15) is 58.4 Å². The molecule has 0 amide bonds. The van der Waals surface area contributed by atoms with E-state index in [1.807, 2.05) is 6.07 Å². The molecule has 32 heavy (non-hydrogen) atoms. The van der Waals surface area contributed by atoms with Crippen LogP contribution in [0, 0.1) is 11.8 Å². The number of β-amino-alcohol motifs (C(OH)–C–C–N with tert-alkyl or cyclic N) is 1. The first-order valence-corrected chi connectivity index (χ1v) is 12.4. The third kappa shape index (κ3) is 8.22. The molecule has 0 bridgehead atoms. The molecule has 0 aromatic heterocycles. The maximum absolute atomic E-state index is 10.8. The Hall–Kier alpha value is -1.34. The van der Waals surface area contributed by atoms with Crippen molar-refractivity contribution in [3.05, 3.63) is 23.8 Å². The molecule has 0 saturated carbocycles. The van der Waals surface area contributed by atoms with Crippen LogP contribution in [0.3, 0.4) is 0 Å². The van der Waals surface area contributed by atoms with Crippen LogP contribution in [-0.2, 0) is 11.2 Å². The summed E-state index contributed by atoms with van der Waals surface area (Å²) in [5.74, 6) is 2.37. The fourth-order valence-corrected chi connectivity index (χ4v) is 4.72. The molecular formula is C26H46N2O4. The number of aliphatic hydroxyl groups is 1. The minimum atomic E-state index is -0.487. The van der Waals surface area contributed by atoms with Crippen molar-refractivity contribution in [2.75, 3.05) is 40.5 Å². The Bertz CT molecular complexity index is 655. The first kappa shape index (κ1) is 26.9. The molecule has 1 aliphatic rings. The van der Waals surface area contributed by atoms with Crippen LogP contribution < -0.4 is 15.2 Å². The van der Waals surface area contributed by atoms with Gasteiger partial charge in [0.1, 0.15) is 0 Å². The molecule has 6 nitrogen and oxygen atoms in total.